The van der Waals surface area contributed by atoms with E-state index in [0.717, 1.165) is 6.54 Å². The number of benzene rings is 7. The van der Waals surface area contributed by atoms with Crippen LogP contribution in [-0.2, 0) is 0 Å². The molecule has 0 saturated heterocycles. The molecule has 42 heavy (non-hydrogen) atoms. The highest BCUT2D eigenvalue weighted by molar-refractivity contribution is 6.23. The molecule has 1 heterocycles. The van der Waals surface area contributed by atoms with Crippen molar-refractivity contribution in [3.05, 3.63) is 156 Å². The Morgan fingerprint density at radius 1 is 0.452 bits per heavy atom. The van der Waals surface area contributed by atoms with Crippen molar-refractivity contribution in [1.82, 2.24) is 0 Å². The Balaban J connectivity index is 1.41. The van der Waals surface area contributed by atoms with Crippen LogP contribution in [0, 0.1) is 13.8 Å². The van der Waals surface area contributed by atoms with Crippen molar-refractivity contribution in [2.24, 2.45) is 0 Å². The van der Waals surface area contributed by atoms with Gasteiger partial charge >= 0.3 is 0 Å². The van der Waals surface area contributed by atoms with E-state index in [1.165, 1.54) is 88.1 Å². The van der Waals surface area contributed by atoms with Crippen LogP contribution in [0.25, 0.3) is 60.1 Å². The highest BCUT2D eigenvalue weighted by atomic mass is 14.9. The van der Waals surface area contributed by atoms with Gasteiger partial charge in [0.25, 0.3) is 0 Å². The van der Waals surface area contributed by atoms with Gasteiger partial charge in [-0.15, -0.1) is 0 Å². The van der Waals surface area contributed by atoms with E-state index in [1.54, 1.807) is 0 Å². The van der Waals surface area contributed by atoms with Crippen molar-refractivity contribution in [3.8, 4) is 22.3 Å². The van der Waals surface area contributed by atoms with E-state index >= 15 is 0 Å². The van der Waals surface area contributed by atoms with E-state index < -0.39 is 0 Å². The van der Waals surface area contributed by atoms with E-state index in [9.17, 15) is 0 Å². The van der Waals surface area contributed by atoms with Crippen molar-refractivity contribution in [3.63, 3.8) is 0 Å². The Hall–Kier alpha value is -5.14. The molecular formula is C41H31N. The Kier molecular flexibility index (Phi) is 5.72. The van der Waals surface area contributed by atoms with Crippen molar-refractivity contribution < 1.29 is 0 Å². The maximum absolute atomic E-state index is 3.53. The van der Waals surface area contributed by atoms with Crippen molar-refractivity contribution in [2.75, 3.05) is 11.9 Å². The number of fused-ring (bicyclic) bond motifs is 4. The molecule has 0 amide bonds. The van der Waals surface area contributed by atoms with Gasteiger partial charge < -0.3 is 5.32 Å². The zero-order valence-corrected chi connectivity index (χ0v) is 23.9. The van der Waals surface area contributed by atoms with Crippen LogP contribution in [0.2, 0.25) is 0 Å². The van der Waals surface area contributed by atoms with Crippen LogP contribution >= 0.6 is 0 Å². The van der Waals surface area contributed by atoms with Gasteiger partial charge in [-0.25, -0.2) is 0 Å². The van der Waals surface area contributed by atoms with Crippen LogP contribution in [0.4, 0.5) is 5.69 Å². The van der Waals surface area contributed by atoms with Gasteiger partial charge in [-0.3, -0.25) is 0 Å². The first-order valence-electron chi connectivity index (χ1n) is 14.8. The Bertz CT molecular complexity index is 2150. The van der Waals surface area contributed by atoms with E-state index in [4.69, 9.17) is 0 Å². The van der Waals surface area contributed by atoms with Crippen LogP contribution in [0.15, 0.2) is 133 Å². The number of nitrogens with one attached hydrogen (secondary N) is 1. The van der Waals surface area contributed by atoms with E-state index in [-0.39, 0.29) is 0 Å². The molecule has 1 aliphatic heterocycles. The third-order valence-electron chi connectivity index (χ3n) is 8.94. The summed E-state index contributed by atoms with van der Waals surface area (Å²) in [4.78, 5) is 0. The van der Waals surface area contributed by atoms with Crippen LogP contribution < -0.4 is 5.32 Å². The molecule has 1 nitrogen and oxygen atoms in total. The largest absolute Gasteiger partial charge is 0.381 e. The summed E-state index contributed by atoms with van der Waals surface area (Å²) in [6.45, 7) is 5.38. The van der Waals surface area contributed by atoms with E-state index in [0.29, 0.717) is 0 Å². The average molecular weight is 538 g/mol. The van der Waals surface area contributed by atoms with E-state index in [2.05, 4.69) is 153 Å². The topological polar surface area (TPSA) is 12.0 Å². The van der Waals surface area contributed by atoms with Crippen LogP contribution in [0.5, 0.6) is 0 Å². The molecule has 0 radical (unpaired) electrons. The lowest BCUT2D eigenvalue weighted by Crippen LogP contribution is -2.09. The number of rotatable bonds is 3. The minimum Gasteiger partial charge on any atom is -0.381 e. The molecule has 0 bridgehead atoms. The molecule has 0 spiro atoms. The summed E-state index contributed by atoms with van der Waals surface area (Å²) in [6, 6.07) is 46.8. The first-order chi connectivity index (χ1) is 20.7. The number of hydrogen-bond donors (Lipinski definition) is 1. The predicted molar refractivity (Wildman–Crippen MR) is 181 cm³/mol. The molecule has 0 fully saturated rings. The van der Waals surface area contributed by atoms with Gasteiger partial charge in [-0.2, -0.15) is 0 Å². The third kappa shape index (κ3) is 3.78. The molecule has 8 rings (SSSR count). The quantitative estimate of drug-likeness (QED) is 0.221. The van der Waals surface area contributed by atoms with Crippen molar-refractivity contribution >= 4 is 43.6 Å². The fourth-order valence-corrected chi connectivity index (χ4v) is 7.03. The first-order valence-corrected chi connectivity index (χ1v) is 14.8. The molecule has 200 valence electrons. The summed E-state index contributed by atoms with van der Waals surface area (Å²) in [6.07, 6.45) is 2.33. The summed E-state index contributed by atoms with van der Waals surface area (Å²) in [5.74, 6) is 0. The number of para-hydroxylation sites is 1. The lowest BCUT2D eigenvalue weighted by molar-refractivity contribution is 1.27. The van der Waals surface area contributed by atoms with Gasteiger partial charge in [0.15, 0.2) is 0 Å². The van der Waals surface area contributed by atoms with Crippen molar-refractivity contribution in [1.29, 1.82) is 0 Å². The maximum atomic E-state index is 3.53. The Morgan fingerprint density at radius 2 is 0.952 bits per heavy atom. The fourth-order valence-electron chi connectivity index (χ4n) is 7.03. The minimum absolute atomic E-state index is 0.845. The van der Waals surface area contributed by atoms with Crippen LogP contribution in [-0.4, -0.2) is 6.54 Å². The second-order valence-corrected chi connectivity index (χ2v) is 11.4. The summed E-state index contributed by atoms with van der Waals surface area (Å²) in [5, 5.41) is 11.2. The first kappa shape index (κ1) is 24.6. The summed E-state index contributed by atoms with van der Waals surface area (Å²) < 4.78 is 0. The third-order valence-corrected chi connectivity index (χ3v) is 8.94. The molecule has 0 saturated carbocycles. The lowest BCUT2D eigenvalue weighted by Gasteiger charge is -2.23. The normalized spacial score (nSPS) is 12.8. The molecule has 0 aliphatic carbocycles. The molecule has 0 aromatic heterocycles. The number of hydrogen-bond acceptors (Lipinski definition) is 1. The van der Waals surface area contributed by atoms with Gasteiger partial charge in [-0.1, -0.05) is 127 Å². The highest BCUT2D eigenvalue weighted by Gasteiger charge is 2.21. The SMILES string of the molecule is Cc1cc(-c2c3ccccc3c(-c3cccc4ccccc34)c3ccccc23)c(C)cc1C1=CCNc2ccccc21. The van der Waals surface area contributed by atoms with Gasteiger partial charge in [-0.05, 0) is 96.7 Å². The van der Waals surface area contributed by atoms with Gasteiger partial charge in [0.05, 0.1) is 0 Å². The molecule has 1 N–H and O–H groups in total. The molecule has 1 heteroatoms. The van der Waals surface area contributed by atoms with Gasteiger partial charge in [0, 0.05) is 17.8 Å². The summed E-state index contributed by atoms with van der Waals surface area (Å²) in [7, 11) is 0. The fraction of sp³-hybridized carbons (Fsp3) is 0.0732. The number of aryl methyl sites for hydroxylation is 2. The molecular weight excluding hydrogens is 506 g/mol. The molecule has 7 aromatic carbocycles. The monoisotopic (exact) mass is 537 g/mol. The molecule has 7 aromatic rings. The minimum atomic E-state index is 0.845. The van der Waals surface area contributed by atoms with Crippen LogP contribution in [0.1, 0.15) is 22.3 Å². The average Bonchev–Trinajstić information content (AvgIpc) is 3.04. The maximum Gasteiger partial charge on any atom is 0.0422 e. The zero-order valence-electron chi connectivity index (χ0n) is 23.9. The van der Waals surface area contributed by atoms with Crippen LogP contribution in [0.3, 0.4) is 0 Å². The zero-order chi connectivity index (χ0) is 28.2. The summed E-state index contributed by atoms with van der Waals surface area (Å²) >= 11 is 0. The number of anilines is 1. The molecule has 1 aliphatic rings. The van der Waals surface area contributed by atoms with Gasteiger partial charge in [0.2, 0.25) is 0 Å². The Morgan fingerprint density at radius 3 is 1.67 bits per heavy atom. The second kappa shape index (κ2) is 9.75. The smallest absolute Gasteiger partial charge is 0.0422 e. The van der Waals surface area contributed by atoms with Gasteiger partial charge in [0.1, 0.15) is 0 Å². The lowest BCUT2D eigenvalue weighted by atomic mass is 9.82. The van der Waals surface area contributed by atoms with Crippen molar-refractivity contribution in [2.45, 2.75) is 13.8 Å². The summed E-state index contributed by atoms with van der Waals surface area (Å²) in [5.41, 5.74) is 12.9. The standard InChI is InChI=1S/C41H31N/c1-26-25-38(27(2)24-37(26)30-22-23-42-39-21-10-9-15-31(30)39)41-35-18-7-5-16-33(35)40(34-17-6-8-19-36(34)41)32-20-11-13-28-12-3-4-14-29(28)32/h3-22,24-25,42H,23H2,1-2H3. The highest BCUT2D eigenvalue weighted by Crippen LogP contribution is 2.46. The van der Waals surface area contributed by atoms with E-state index in [1.807, 2.05) is 0 Å². The Labute approximate surface area is 246 Å². The molecule has 0 unspecified atom stereocenters. The second-order valence-electron chi connectivity index (χ2n) is 11.4. The molecule has 0 atom stereocenters. The predicted octanol–water partition coefficient (Wildman–Crippen LogP) is 11.0.